The Balaban J connectivity index is 1.55. The molecule has 9 heteroatoms. The molecule has 8 nitrogen and oxygen atoms in total. The van der Waals surface area contributed by atoms with E-state index in [1.807, 2.05) is 35.2 Å². The fourth-order valence-corrected chi connectivity index (χ4v) is 12.1. The van der Waals surface area contributed by atoms with Crippen molar-refractivity contribution in [1.29, 1.82) is 0 Å². The molecular weight excluding hydrogens is 607 g/mol. The Labute approximate surface area is 281 Å². The highest BCUT2D eigenvalue weighted by molar-refractivity contribution is 6.91. The van der Waals surface area contributed by atoms with E-state index in [2.05, 4.69) is 75.7 Å². The van der Waals surface area contributed by atoms with Gasteiger partial charge in [-0.25, -0.2) is 0 Å². The molecule has 5 rings (SSSR count). The minimum absolute atomic E-state index is 0.0279. The zero-order valence-electron chi connectivity index (χ0n) is 29.2. The monoisotopic (exact) mass is 659 g/mol. The maximum absolute atomic E-state index is 14.9. The van der Waals surface area contributed by atoms with Gasteiger partial charge in [-0.15, -0.1) is 0 Å². The molecule has 3 N–H and O–H groups in total. The Hall–Kier alpha value is -3.24. The van der Waals surface area contributed by atoms with Crippen LogP contribution in [0.5, 0.6) is 5.75 Å². The summed E-state index contributed by atoms with van der Waals surface area (Å²) in [5.74, 6) is 0.500. The van der Waals surface area contributed by atoms with Crippen LogP contribution in [0, 0.1) is 5.92 Å². The Kier molecular flexibility index (Phi) is 10.8. The van der Waals surface area contributed by atoms with Crippen LogP contribution in [0.4, 0.5) is 11.4 Å². The Bertz CT molecular complexity index is 1510. The van der Waals surface area contributed by atoms with E-state index in [4.69, 9.17) is 9.47 Å². The van der Waals surface area contributed by atoms with Gasteiger partial charge in [0.1, 0.15) is 5.75 Å². The molecule has 2 aromatic carbocycles. The molecule has 1 spiro atoms. The van der Waals surface area contributed by atoms with E-state index < -0.39 is 13.7 Å². The summed E-state index contributed by atoms with van der Waals surface area (Å²) in [5.41, 5.74) is 3.63. The zero-order valence-corrected chi connectivity index (χ0v) is 30.2. The number of fused-ring (bicyclic) bond motifs is 2. The molecule has 0 radical (unpaired) electrons. The first-order valence-electron chi connectivity index (χ1n) is 17.2. The molecular formula is C38H53N3O5Si. The number of rotatable bonds is 12. The number of carbonyl (C=O) groups is 2. The second-order valence-electron chi connectivity index (χ2n) is 14.3. The van der Waals surface area contributed by atoms with Gasteiger partial charge in [0, 0.05) is 30.3 Å². The van der Waals surface area contributed by atoms with Crippen molar-refractivity contribution in [2.45, 2.75) is 96.2 Å². The second-order valence-corrected chi connectivity index (χ2v) is 19.0. The van der Waals surface area contributed by atoms with Crippen molar-refractivity contribution in [2.24, 2.45) is 5.92 Å². The quantitative estimate of drug-likeness (QED) is 0.190. The molecule has 3 aliphatic heterocycles. The molecule has 47 heavy (non-hydrogen) atoms. The van der Waals surface area contributed by atoms with Gasteiger partial charge < -0.3 is 30.1 Å². The van der Waals surface area contributed by atoms with E-state index in [0.29, 0.717) is 18.7 Å². The number of carbonyl (C=O) groups excluding carboxylic acids is 2. The van der Waals surface area contributed by atoms with E-state index >= 15 is 0 Å². The molecule has 2 fully saturated rings. The fourth-order valence-electron chi connectivity index (χ4n) is 8.05. The summed E-state index contributed by atoms with van der Waals surface area (Å²) in [6, 6.07) is 13.9. The number of aliphatic hydroxyl groups excluding tert-OH is 1. The second kappa shape index (κ2) is 14.5. The van der Waals surface area contributed by atoms with Gasteiger partial charge in [0.25, 0.3) is 5.91 Å². The van der Waals surface area contributed by atoms with E-state index in [1.165, 1.54) is 16.3 Å². The SMILES string of the molecule is COc1ccc([Si](C)(C)[C@H]2[C@H](CCO)O[C@@]3(C(=O)N(C/C=C(\C)CCC=C(C)C)c4ccc(NC(=O)[C@H]5CCCN5)cc43)[C@@H]2C)cc1. The molecule has 0 aliphatic carbocycles. The Morgan fingerprint density at radius 2 is 1.91 bits per heavy atom. The predicted molar refractivity (Wildman–Crippen MR) is 192 cm³/mol. The third kappa shape index (κ3) is 6.86. The number of benzene rings is 2. The molecule has 0 saturated carbocycles. The third-order valence-electron chi connectivity index (χ3n) is 10.6. The van der Waals surface area contributed by atoms with Crippen LogP contribution in [0.25, 0.3) is 0 Å². The number of allylic oxidation sites excluding steroid dienone is 3. The lowest BCUT2D eigenvalue weighted by atomic mass is 9.82. The molecule has 5 atom stereocenters. The predicted octanol–water partition coefficient (Wildman–Crippen LogP) is 6.02. The van der Waals surface area contributed by atoms with Crippen molar-refractivity contribution in [1.82, 2.24) is 5.32 Å². The largest absolute Gasteiger partial charge is 0.497 e. The summed E-state index contributed by atoms with van der Waals surface area (Å²) >= 11 is 0. The van der Waals surface area contributed by atoms with Crippen LogP contribution < -0.4 is 25.5 Å². The number of nitrogens with zero attached hydrogens (tertiary/aromatic N) is 1. The van der Waals surface area contributed by atoms with Crippen molar-refractivity contribution in [3.63, 3.8) is 0 Å². The van der Waals surface area contributed by atoms with Crippen molar-refractivity contribution in [3.05, 3.63) is 71.3 Å². The number of amides is 2. The first-order valence-corrected chi connectivity index (χ1v) is 20.2. The molecule has 0 bridgehead atoms. The van der Waals surface area contributed by atoms with Gasteiger partial charge >= 0.3 is 0 Å². The third-order valence-corrected chi connectivity index (χ3v) is 15.0. The van der Waals surface area contributed by atoms with Crippen molar-refractivity contribution in [3.8, 4) is 5.75 Å². The van der Waals surface area contributed by atoms with Gasteiger partial charge in [0.2, 0.25) is 5.91 Å². The molecule has 254 valence electrons. The van der Waals surface area contributed by atoms with Crippen LogP contribution in [0.15, 0.2) is 65.8 Å². The van der Waals surface area contributed by atoms with E-state index in [-0.39, 0.29) is 42.0 Å². The Morgan fingerprint density at radius 3 is 2.55 bits per heavy atom. The average Bonchev–Trinajstić information content (AvgIpc) is 3.74. The minimum atomic E-state index is -2.29. The lowest BCUT2D eigenvalue weighted by Gasteiger charge is -2.37. The molecule has 0 unspecified atom stereocenters. The van der Waals surface area contributed by atoms with Gasteiger partial charge in [-0.2, -0.15) is 0 Å². The van der Waals surface area contributed by atoms with Gasteiger partial charge in [-0.3, -0.25) is 9.59 Å². The highest BCUT2D eigenvalue weighted by Gasteiger charge is 2.66. The average molecular weight is 660 g/mol. The molecule has 2 amide bonds. The molecule has 2 saturated heterocycles. The maximum Gasteiger partial charge on any atom is 0.264 e. The van der Waals surface area contributed by atoms with Crippen LogP contribution in [-0.2, 0) is 19.9 Å². The number of aliphatic hydroxyl groups is 1. The van der Waals surface area contributed by atoms with Crippen molar-refractivity contribution >= 4 is 36.4 Å². The number of hydrogen-bond acceptors (Lipinski definition) is 6. The van der Waals surface area contributed by atoms with Crippen LogP contribution in [0.1, 0.15) is 65.4 Å². The van der Waals surface area contributed by atoms with Crippen molar-refractivity contribution in [2.75, 3.05) is 37.0 Å². The Morgan fingerprint density at radius 1 is 1.17 bits per heavy atom. The van der Waals surface area contributed by atoms with Gasteiger partial charge in [-0.05, 0) is 95.3 Å². The van der Waals surface area contributed by atoms with Gasteiger partial charge in [-0.1, -0.05) is 60.6 Å². The smallest absolute Gasteiger partial charge is 0.264 e. The number of ether oxygens (including phenoxy) is 2. The van der Waals surface area contributed by atoms with Crippen LogP contribution in [0.3, 0.4) is 0 Å². The fraction of sp³-hybridized carbons (Fsp3) is 0.526. The topological polar surface area (TPSA) is 100 Å². The summed E-state index contributed by atoms with van der Waals surface area (Å²) in [6.45, 7) is 14.4. The molecule has 3 heterocycles. The van der Waals surface area contributed by atoms with E-state index in [0.717, 1.165) is 49.2 Å². The van der Waals surface area contributed by atoms with Crippen molar-refractivity contribution < 1.29 is 24.2 Å². The van der Waals surface area contributed by atoms with E-state index in [9.17, 15) is 14.7 Å². The van der Waals surface area contributed by atoms with Crippen LogP contribution in [-0.4, -0.2) is 63.9 Å². The number of anilines is 2. The van der Waals surface area contributed by atoms with Gasteiger partial charge in [0.05, 0.1) is 33.0 Å². The lowest BCUT2D eigenvalue weighted by molar-refractivity contribution is -0.146. The summed E-state index contributed by atoms with van der Waals surface area (Å²) in [6.07, 6.45) is 8.21. The number of nitrogens with one attached hydrogen (secondary N) is 2. The van der Waals surface area contributed by atoms with Crippen LogP contribution >= 0.6 is 0 Å². The summed E-state index contributed by atoms with van der Waals surface area (Å²) in [4.78, 5) is 29.9. The maximum atomic E-state index is 14.9. The standard InChI is InChI=1S/C38H53N3O5Si/c1-25(2)10-8-11-26(3)19-22-41-33-18-13-28(40-36(43)32-12-9-21-39-32)24-31(33)38(37(41)44)27(4)35(34(46-38)20-23-42)47(6,7)30-16-14-29(45-5)15-17-30/h10,13-19,24,27,32,34-35,39,42H,8-9,11-12,20-23H2,1-7H3,(H,40,43)/b26-19+/t27-,32-,34+,35-,38+/m1/s1. The summed E-state index contributed by atoms with van der Waals surface area (Å²) < 4.78 is 12.5. The lowest BCUT2D eigenvalue weighted by Crippen LogP contribution is -2.52. The summed E-state index contributed by atoms with van der Waals surface area (Å²) in [5, 5.41) is 17.9. The molecule has 3 aliphatic rings. The van der Waals surface area contributed by atoms with Gasteiger partial charge in [0.15, 0.2) is 5.60 Å². The van der Waals surface area contributed by atoms with E-state index in [1.54, 1.807) is 7.11 Å². The first kappa shape index (κ1) is 35.1. The number of methoxy groups -OCH3 is 1. The first-order chi connectivity index (χ1) is 22.4. The molecule has 0 aromatic heterocycles. The van der Waals surface area contributed by atoms with Crippen LogP contribution in [0.2, 0.25) is 18.6 Å². The molecule has 2 aromatic rings. The minimum Gasteiger partial charge on any atom is -0.497 e. The summed E-state index contributed by atoms with van der Waals surface area (Å²) in [7, 11) is -0.620. The zero-order chi connectivity index (χ0) is 33.9. The highest BCUT2D eigenvalue weighted by atomic mass is 28.3. The normalized spacial score (nSPS) is 25.7. The highest BCUT2D eigenvalue weighted by Crippen LogP contribution is 2.60. The number of hydrogen-bond donors (Lipinski definition) is 3.